The summed E-state index contributed by atoms with van der Waals surface area (Å²) in [5.74, 6) is 0.547. The zero-order chi connectivity index (χ0) is 10.8. The molecule has 1 N–H and O–H groups in total. The van der Waals surface area contributed by atoms with Crippen molar-refractivity contribution < 1.29 is 4.39 Å². The second-order valence-electron chi connectivity index (χ2n) is 3.30. The molecule has 15 heavy (non-hydrogen) atoms. The Labute approximate surface area is 87.6 Å². The molecule has 0 unspecified atom stereocenters. The van der Waals surface area contributed by atoms with Crippen LogP contribution in [-0.4, -0.2) is 16.6 Å². The van der Waals surface area contributed by atoms with Gasteiger partial charge in [0.2, 0.25) is 5.95 Å². The van der Waals surface area contributed by atoms with Crippen LogP contribution in [-0.2, 0) is 0 Å². The summed E-state index contributed by atoms with van der Waals surface area (Å²) in [4.78, 5) is 4.12. The largest absolute Gasteiger partial charge is 0.358 e. The maximum absolute atomic E-state index is 13.1. The van der Waals surface area contributed by atoms with Crippen molar-refractivity contribution in [3.05, 3.63) is 42.0 Å². The molecule has 0 atom stereocenters. The molecule has 0 aliphatic carbocycles. The van der Waals surface area contributed by atoms with Crippen molar-refractivity contribution in [2.45, 2.75) is 6.92 Å². The predicted molar refractivity (Wildman–Crippen MR) is 57.8 cm³/mol. The molecular weight excluding hydrogens is 193 g/mol. The van der Waals surface area contributed by atoms with E-state index in [1.807, 2.05) is 10.8 Å². The molecule has 0 saturated carbocycles. The van der Waals surface area contributed by atoms with Crippen LogP contribution in [0.2, 0.25) is 0 Å². The highest BCUT2D eigenvalue weighted by molar-refractivity contribution is 5.43. The molecule has 1 aromatic heterocycles. The number of imidazole rings is 1. The number of anilines is 1. The summed E-state index contributed by atoms with van der Waals surface area (Å²) >= 11 is 0. The van der Waals surface area contributed by atoms with Crippen LogP contribution in [0.3, 0.4) is 0 Å². The molecule has 0 aliphatic rings. The smallest absolute Gasteiger partial charge is 0.207 e. The Bertz CT molecular complexity index is 476. The van der Waals surface area contributed by atoms with Gasteiger partial charge in [-0.1, -0.05) is 0 Å². The number of hydrogen-bond acceptors (Lipinski definition) is 2. The Morgan fingerprint density at radius 2 is 2.20 bits per heavy atom. The normalized spacial score (nSPS) is 10.3. The summed E-state index contributed by atoms with van der Waals surface area (Å²) in [5, 5.41) is 2.97. The van der Waals surface area contributed by atoms with Crippen molar-refractivity contribution in [3.63, 3.8) is 0 Å². The average Bonchev–Trinajstić information content (AvgIpc) is 2.70. The number of nitrogens with one attached hydrogen (secondary N) is 1. The van der Waals surface area contributed by atoms with Crippen LogP contribution in [0.5, 0.6) is 0 Å². The van der Waals surface area contributed by atoms with E-state index >= 15 is 0 Å². The van der Waals surface area contributed by atoms with E-state index in [-0.39, 0.29) is 5.82 Å². The predicted octanol–water partition coefficient (Wildman–Crippen LogP) is 2.36. The zero-order valence-electron chi connectivity index (χ0n) is 8.66. The maximum Gasteiger partial charge on any atom is 0.207 e. The van der Waals surface area contributed by atoms with Crippen molar-refractivity contribution in [3.8, 4) is 5.69 Å². The summed E-state index contributed by atoms with van der Waals surface area (Å²) in [6, 6.07) is 4.98. The highest BCUT2D eigenvalue weighted by atomic mass is 19.1. The van der Waals surface area contributed by atoms with E-state index in [1.165, 1.54) is 6.07 Å². The molecule has 0 saturated heterocycles. The van der Waals surface area contributed by atoms with Gasteiger partial charge in [-0.2, -0.15) is 0 Å². The van der Waals surface area contributed by atoms with Gasteiger partial charge in [0.25, 0.3) is 0 Å². The number of aromatic nitrogens is 2. The summed E-state index contributed by atoms with van der Waals surface area (Å²) in [6.07, 6.45) is 3.53. The molecule has 0 fully saturated rings. The first kappa shape index (κ1) is 9.71. The van der Waals surface area contributed by atoms with Crippen LogP contribution in [0.25, 0.3) is 5.69 Å². The SMILES string of the molecule is CNc1nccn1-c1ccc(F)c(C)c1. The quantitative estimate of drug-likeness (QED) is 0.815. The fourth-order valence-electron chi connectivity index (χ4n) is 1.48. The van der Waals surface area contributed by atoms with Gasteiger partial charge < -0.3 is 5.32 Å². The first-order chi connectivity index (χ1) is 7.22. The lowest BCUT2D eigenvalue weighted by atomic mass is 10.2. The van der Waals surface area contributed by atoms with Gasteiger partial charge in [0, 0.05) is 25.1 Å². The van der Waals surface area contributed by atoms with Crippen molar-refractivity contribution in [2.75, 3.05) is 12.4 Å². The van der Waals surface area contributed by atoms with Crippen LogP contribution in [0.15, 0.2) is 30.6 Å². The van der Waals surface area contributed by atoms with Crippen molar-refractivity contribution >= 4 is 5.95 Å². The Morgan fingerprint density at radius 3 is 2.87 bits per heavy atom. The van der Waals surface area contributed by atoms with Crippen LogP contribution in [0.4, 0.5) is 10.3 Å². The van der Waals surface area contributed by atoms with Crippen LogP contribution < -0.4 is 5.32 Å². The summed E-state index contributed by atoms with van der Waals surface area (Å²) in [7, 11) is 1.80. The van der Waals surface area contributed by atoms with E-state index in [9.17, 15) is 4.39 Å². The van der Waals surface area contributed by atoms with E-state index < -0.39 is 0 Å². The first-order valence-electron chi connectivity index (χ1n) is 4.70. The lowest BCUT2D eigenvalue weighted by molar-refractivity contribution is 0.618. The number of hydrogen-bond donors (Lipinski definition) is 1. The van der Waals surface area contributed by atoms with E-state index in [0.717, 1.165) is 11.6 Å². The van der Waals surface area contributed by atoms with E-state index in [0.29, 0.717) is 5.56 Å². The second kappa shape index (κ2) is 3.73. The number of nitrogens with zero attached hydrogens (tertiary/aromatic N) is 2. The topological polar surface area (TPSA) is 29.9 Å². The van der Waals surface area contributed by atoms with Gasteiger partial charge in [-0.25, -0.2) is 9.37 Å². The molecule has 0 spiro atoms. The lowest BCUT2D eigenvalue weighted by Gasteiger charge is -2.08. The first-order valence-corrected chi connectivity index (χ1v) is 4.70. The molecule has 3 nitrogen and oxygen atoms in total. The molecule has 2 aromatic rings. The number of aryl methyl sites for hydroxylation is 1. The maximum atomic E-state index is 13.1. The fraction of sp³-hybridized carbons (Fsp3) is 0.182. The number of benzene rings is 1. The average molecular weight is 205 g/mol. The Morgan fingerprint density at radius 1 is 1.40 bits per heavy atom. The highest BCUT2D eigenvalue weighted by Gasteiger charge is 2.04. The number of rotatable bonds is 2. The van der Waals surface area contributed by atoms with E-state index in [4.69, 9.17) is 0 Å². The Kier molecular flexibility index (Phi) is 2.41. The van der Waals surface area contributed by atoms with E-state index in [2.05, 4.69) is 10.3 Å². The molecule has 0 aliphatic heterocycles. The van der Waals surface area contributed by atoms with Crippen LogP contribution in [0, 0.1) is 12.7 Å². The third-order valence-electron chi connectivity index (χ3n) is 2.28. The standard InChI is InChI=1S/C11H12FN3/c1-8-7-9(3-4-10(8)12)15-6-5-14-11(15)13-2/h3-7H,1-2H3,(H,13,14). The lowest BCUT2D eigenvalue weighted by Crippen LogP contribution is -2.01. The van der Waals surface area contributed by atoms with Crippen LogP contribution >= 0.6 is 0 Å². The third-order valence-corrected chi connectivity index (χ3v) is 2.28. The van der Waals surface area contributed by atoms with Crippen LogP contribution in [0.1, 0.15) is 5.56 Å². The van der Waals surface area contributed by atoms with Gasteiger partial charge in [-0.3, -0.25) is 4.57 Å². The van der Waals surface area contributed by atoms with E-state index in [1.54, 1.807) is 32.3 Å². The van der Waals surface area contributed by atoms with Crippen molar-refractivity contribution in [1.82, 2.24) is 9.55 Å². The van der Waals surface area contributed by atoms with Gasteiger partial charge in [-0.05, 0) is 30.7 Å². The minimum Gasteiger partial charge on any atom is -0.358 e. The molecule has 0 bridgehead atoms. The Balaban J connectivity index is 2.50. The molecule has 2 rings (SSSR count). The summed E-state index contributed by atoms with van der Waals surface area (Å²) < 4.78 is 14.9. The molecule has 0 radical (unpaired) electrons. The van der Waals surface area contributed by atoms with Gasteiger partial charge in [0.1, 0.15) is 5.82 Å². The Hall–Kier alpha value is -1.84. The number of halogens is 1. The second-order valence-corrected chi connectivity index (χ2v) is 3.30. The summed E-state index contributed by atoms with van der Waals surface area (Å²) in [6.45, 7) is 1.74. The molecule has 78 valence electrons. The van der Waals surface area contributed by atoms with Gasteiger partial charge in [0.15, 0.2) is 0 Å². The third kappa shape index (κ3) is 1.70. The molecule has 4 heteroatoms. The monoisotopic (exact) mass is 205 g/mol. The fourth-order valence-corrected chi connectivity index (χ4v) is 1.48. The summed E-state index contributed by atoms with van der Waals surface area (Å²) in [5.41, 5.74) is 1.53. The molecular formula is C11H12FN3. The highest BCUT2D eigenvalue weighted by Crippen LogP contribution is 2.16. The van der Waals surface area contributed by atoms with Gasteiger partial charge >= 0.3 is 0 Å². The molecule has 1 aromatic carbocycles. The zero-order valence-corrected chi connectivity index (χ0v) is 8.66. The minimum absolute atomic E-state index is 0.190. The van der Waals surface area contributed by atoms with Crippen molar-refractivity contribution in [1.29, 1.82) is 0 Å². The van der Waals surface area contributed by atoms with Crippen molar-refractivity contribution in [2.24, 2.45) is 0 Å². The van der Waals surface area contributed by atoms with Gasteiger partial charge in [-0.15, -0.1) is 0 Å². The van der Waals surface area contributed by atoms with Gasteiger partial charge in [0.05, 0.1) is 0 Å². The molecule has 1 heterocycles. The minimum atomic E-state index is -0.190. The molecule has 0 amide bonds.